The molecule has 0 aromatic rings. The van der Waals surface area contributed by atoms with E-state index in [1.54, 1.807) is 0 Å². The number of carbonyl (C=O) groups is 3. The van der Waals surface area contributed by atoms with Crippen molar-refractivity contribution in [2.45, 2.75) is 187 Å². The molecule has 0 bridgehead atoms. The van der Waals surface area contributed by atoms with E-state index in [0.717, 1.165) is 96.3 Å². The lowest BCUT2D eigenvalue weighted by molar-refractivity contribution is -0.150. The number of hydrogen-bond acceptors (Lipinski definition) is 4. The predicted octanol–water partition coefficient (Wildman–Crippen LogP) is 12.1. The van der Waals surface area contributed by atoms with E-state index < -0.39 is 5.97 Å². The molecular weight excluding hydrogens is 610 g/mol. The minimum absolute atomic E-state index is 0.00374. The lowest BCUT2D eigenvalue weighted by atomic mass is 10.0. The Morgan fingerprint density at radius 1 is 0.551 bits per heavy atom. The van der Waals surface area contributed by atoms with E-state index in [0.29, 0.717) is 12.8 Å². The summed E-state index contributed by atoms with van der Waals surface area (Å²) in [5, 5.41) is 11.0. The molecule has 2 N–H and O–H groups in total. The number of carboxylic acids is 1. The Bertz CT molecular complexity index is 933. The topological polar surface area (TPSA) is 92.7 Å². The maximum atomic E-state index is 12.6. The monoisotopic (exact) mass is 684 g/mol. The molecule has 0 rings (SSSR count). The highest BCUT2D eigenvalue weighted by atomic mass is 16.5. The number of carbonyl (C=O) groups excluding carboxylic acids is 2. The van der Waals surface area contributed by atoms with Crippen molar-refractivity contribution in [3.8, 4) is 0 Å². The van der Waals surface area contributed by atoms with E-state index in [2.05, 4.69) is 79.9 Å². The van der Waals surface area contributed by atoms with Gasteiger partial charge in [-0.2, -0.15) is 0 Å². The SMILES string of the molecule is CC/C=C\C/C=C\C/C=C\C/C=C\C/C=C\CCCCCCCCCC(=O)OC(CCCCCCC)CCCCCCC(=O)NCC(=O)O. The van der Waals surface area contributed by atoms with Crippen LogP contribution >= 0.6 is 0 Å². The number of allylic oxidation sites excluding steroid dienone is 10. The van der Waals surface area contributed by atoms with Crippen molar-refractivity contribution in [2.75, 3.05) is 6.54 Å². The van der Waals surface area contributed by atoms with Crippen molar-refractivity contribution in [1.82, 2.24) is 5.32 Å². The molecular formula is C43H73NO5. The van der Waals surface area contributed by atoms with Crippen LogP contribution in [0.15, 0.2) is 60.8 Å². The van der Waals surface area contributed by atoms with E-state index in [1.807, 2.05) is 0 Å². The van der Waals surface area contributed by atoms with Gasteiger partial charge in [-0.15, -0.1) is 0 Å². The quantitative estimate of drug-likeness (QED) is 0.0394. The van der Waals surface area contributed by atoms with Crippen LogP contribution in [0.2, 0.25) is 0 Å². The zero-order chi connectivity index (χ0) is 35.9. The highest BCUT2D eigenvalue weighted by molar-refractivity contribution is 5.80. The van der Waals surface area contributed by atoms with Gasteiger partial charge in [0.05, 0.1) is 0 Å². The van der Waals surface area contributed by atoms with Crippen LogP contribution in [-0.2, 0) is 19.1 Å². The van der Waals surface area contributed by atoms with E-state index in [1.165, 1.54) is 57.8 Å². The summed E-state index contributed by atoms with van der Waals surface area (Å²) in [5.41, 5.74) is 0. The Kier molecular flexibility index (Phi) is 35.7. The van der Waals surface area contributed by atoms with Crippen molar-refractivity contribution < 1.29 is 24.2 Å². The molecule has 1 amide bonds. The van der Waals surface area contributed by atoms with Gasteiger partial charge in [0, 0.05) is 12.8 Å². The van der Waals surface area contributed by atoms with Gasteiger partial charge in [-0.1, -0.05) is 145 Å². The molecule has 0 saturated heterocycles. The summed E-state index contributed by atoms with van der Waals surface area (Å²) in [4.78, 5) is 34.8. The fraction of sp³-hybridized carbons (Fsp3) is 0.698. The average molecular weight is 684 g/mol. The first kappa shape index (κ1) is 46.1. The number of unbranched alkanes of at least 4 members (excludes halogenated alkanes) is 14. The molecule has 0 fully saturated rings. The molecule has 0 spiro atoms. The van der Waals surface area contributed by atoms with Gasteiger partial charge in [-0.25, -0.2) is 0 Å². The highest BCUT2D eigenvalue weighted by Crippen LogP contribution is 2.18. The molecule has 6 nitrogen and oxygen atoms in total. The summed E-state index contributed by atoms with van der Waals surface area (Å²) >= 11 is 0. The van der Waals surface area contributed by atoms with Gasteiger partial charge in [0.1, 0.15) is 12.6 Å². The van der Waals surface area contributed by atoms with Crippen molar-refractivity contribution >= 4 is 17.8 Å². The summed E-state index contributed by atoms with van der Waals surface area (Å²) in [7, 11) is 0. The lowest BCUT2D eigenvalue weighted by Gasteiger charge is -2.18. The van der Waals surface area contributed by atoms with Crippen LogP contribution in [0.5, 0.6) is 0 Å². The van der Waals surface area contributed by atoms with E-state index >= 15 is 0 Å². The second-order valence-corrected chi connectivity index (χ2v) is 13.2. The molecule has 0 aliphatic rings. The maximum absolute atomic E-state index is 12.6. The number of aliphatic carboxylic acids is 1. The molecule has 49 heavy (non-hydrogen) atoms. The molecule has 6 heteroatoms. The Hall–Kier alpha value is -2.89. The van der Waals surface area contributed by atoms with Crippen LogP contribution in [0.3, 0.4) is 0 Å². The molecule has 0 aliphatic carbocycles. The molecule has 0 aromatic heterocycles. The summed E-state index contributed by atoms with van der Waals surface area (Å²) < 4.78 is 5.93. The zero-order valence-corrected chi connectivity index (χ0v) is 31.5. The van der Waals surface area contributed by atoms with Gasteiger partial charge in [0.15, 0.2) is 0 Å². The van der Waals surface area contributed by atoms with E-state index in [9.17, 15) is 14.4 Å². The second kappa shape index (κ2) is 37.9. The van der Waals surface area contributed by atoms with Gasteiger partial charge in [0.2, 0.25) is 5.91 Å². The number of esters is 1. The molecule has 0 aromatic carbocycles. The Balaban J connectivity index is 3.90. The summed E-state index contributed by atoms with van der Waals surface area (Å²) in [6.07, 6.45) is 49.3. The summed E-state index contributed by atoms with van der Waals surface area (Å²) in [6.45, 7) is 4.05. The highest BCUT2D eigenvalue weighted by Gasteiger charge is 2.14. The van der Waals surface area contributed by atoms with Crippen LogP contribution < -0.4 is 5.32 Å². The molecule has 1 atom stereocenters. The molecule has 0 radical (unpaired) electrons. The van der Waals surface area contributed by atoms with Crippen molar-refractivity contribution in [3.05, 3.63) is 60.8 Å². The fourth-order valence-electron chi connectivity index (χ4n) is 5.54. The van der Waals surface area contributed by atoms with Crippen LogP contribution in [0.1, 0.15) is 181 Å². The minimum atomic E-state index is -1.02. The summed E-state index contributed by atoms with van der Waals surface area (Å²) in [5.74, 6) is -1.28. The van der Waals surface area contributed by atoms with Crippen molar-refractivity contribution in [1.29, 1.82) is 0 Å². The Labute approximate surface area is 301 Å². The third-order valence-corrected chi connectivity index (χ3v) is 8.45. The van der Waals surface area contributed by atoms with Gasteiger partial charge < -0.3 is 15.2 Å². The van der Waals surface area contributed by atoms with Gasteiger partial charge in [0.25, 0.3) is 0 Å². The molecule has 0 heterocycles. The number of carboxylic acid groups (broad SMARTS) is 1. The number of rotatable bonds is 35. The smallest absolute Gasteiger partial charge is 0.322 e. The Morgan fingerprint density at radius 3 is 1.53 bits per heavy atom. The van der Waals surface area contributed by atoms with Crippen LogP contribution in [0.25, 0.3) is 0 Å². The largest absolute Gasteiger partial charge is 0.480 e. The van der Waals surface area contributed by atoms with Crippen LogP contribution in [0, 0.1) is 0 Å². The first-order valence-corrected chi connectivity index (χ1v) is 19.9. The van der Waals surface area contributed by atoms with Crippen molar-refractivity contribution in [2.24, 2.45) is 0 Å². The number of nitrogens with one attached hydrogen (secondary N) is 1. The third kappa shape index (κ3) is 37.8. The predicted molar refractivity (Wildman–Crippen MR) is 208 cm³/mol. The number of hydrogen-bond donors (Lipinski definition) is 2. The zero-order valence-electron chi connectivity index (χ0n) is 31.5. The van der Waals surface area contributed by atoms with Crippen molar-refractivity contribution in [3.63, 3.8) is 0 Å². The number of ether oxygens (including phenoxy) is 1. The first-order valence-electron chi connectivity index (χ1n) is 19.9. The van der Waals surface area contributed by atoms with Crippen LogP contribution in [-0.4, -0.2) is 35.6 Å². The van der Waals surface area contributed by atoms with Gasteiger partial charge in [-0.05, 0) is 83.5 Å². The van der Waals surface area contributed by atoms with Crippen LogP contribution in [0.4, 0.5) is 0 Å². The second-order valence-electron chi connectivity index (χ2n) is 13.2. The lowest BCUT2D eigenvalue weighted by Crippen LogP contribution is -2.28. The molecule has 1 unspecified atom stereocenters. The van der Waals surface area contributed by atoms with Gasteiger partial charge in [-0.3, -0.25) is 14.4 Å². The third-order valence-electron chi connectivity index (χ3n) is 8.45. The maximum Gasteiger partial charge on any atom is 0.322 e. The number of amides is 1. The Morgan fingerprint density at radius 2 is 1.00 bits per heavy atom. The minimum Gasteiger partial charge on any atom is -0.480 e. The summed E-state index contributed by atoms with van der Waals surface area (Å²) in [6, 6.07) is 0. The normalized spacial score (nSPS) is 12.7. The average Bonchev–Trinajstić information content (AvgIpc) is 3.08. The van der Waals surface area contributed by atoms with Gasteiger partial charge >= 0.3 is 11.9 Å². The molecule has 0 saturated carbocycles. The molecule has 0 aliphatic heterocycles. The fourth-order valence-corrected chi connectivity index (χ4v) is 5.54. The molecule has 280 valence electrons. The standard InChI is InChI=1S/C43H73NO5/c1-3-5-7-9-10-11-12-13-14-15-16-17-18-19-20-21-22-23-24-25-26-28-34-38-43(48)49-40(35-31-27-8-6-4-2)36-32-29-30-33-37-41(45)44-39-42(46)47/h5,7,10-11,13-14,16-17,19-20,40H,3-4,6,8-9,12,15,18,21-39H2,1-2H3,(H,44,45)(H,46,47)/b7-5-,11-10-,14-13-,17-16-,20-19-. The van der Waals surface area contributed by atoms with E-state index in [-0.39, 0.29) is 24.5 Å². The first-order chi connectivity index (χ1) is 24.0. The van der Waals surface area contributed by atoms with E-state index in [4.69, 9.17) is 9.84 Å².